The number of ether oxygens (including phenoxy) is 1. The minimum absolute atomic E-state index is 0.342. The van der Waals surface area contributed by atoms with E-state index in [2.05, 4.69) is 9.97 Å². The summed E-state index contributed by atoms with van der Waals surface area (Å²) in [6, 6.07) is 3.59. The van der Waals surface area contributed by atoms with E-state index in [1.807, 2.05) is 30.8 Å². The molecule has 5 nitrogen and oxygen atoms in total. The molecule has 0 spiro atoms. The summed E-state index contributed by atoms with van der Waals surface area (Å²) in [7, 11) is 1.94. The predicted octanol–water partition coefficient (Wildman–Crippen LogP) is 1.56. The Morgan fingerprint density at radius 2 is 2.28 bits per heavy atom. The first-order chi connectivity index (χ1) is 8.70. The van der Waals surface area contributed by atoms with E-state index < -0.39 is 0 Å². The molecule has 0 aliphatic carbocycles. The van der Waals surface area contributed by atoms with Crippen molar-refractivity contribution in [2.45, 2.75) is 13.3 Å². The number of imidazole rings is 1. The average molecular weight is 245 g/mol. The average Bonchev–Trinajstić information content (AvgIpc) is 2.77. The number of pyridine rings is 1. The molecule has 0 saturated carbocycles. The molecule has 2 rings (SSSR count). The number of hydrogen-bond donors (Lipinski definition) is 0. The van der Waals surface area contributed by atoms with E-state index in [0.29, 0.717) is 30.8 Å². The van der Waals surface area contributed by atoms with Crippen molar-refractivity contribution in [3.63, 3.8) is 0 Å². The highest BCUT2D eigenvalue weighted by Gasteiger charge is 2.06. The highest BCUT2D eigenvalue weighted by molar-refractivity contribution is 5.76. The van der Waals surface area contributed by atoms with Crippen LogP contribution >= 0.6 is 0 Å². The van der Waals surface area contributed by atoms with Gasteiger partial charge in [0.15, 0.2) is 6.29 Å². The second kappa shape index (κ2) is 5.44. The summed E-state index contributed by atoms with van der Waals surface area (Å²) in [6.45, 7) is 2.31. The molecule has 0 aliphatic rings. The van der Waals surface area contributed by atoms with E-state index in [9.17, 15) is 4.79 Å². The second-order valence-electron chi connectivity index (χ2n) is 4.01. The molecule has 2 aromatic rings. The van der Waals surface area contributed by atoms with Gasteiger partial charge in [-0.3, -0.25) is 4.79 Å². The third kappa shape index (κ3) is 2.74. The summed E-state index contributed by atoms with van der Waals surface area (Å²) in [6.07, 6.45) is 5.04. The zero-order valence-electron chi connectivity index (χ0n) is 10.5. The monoisotopic (exact) mass is 245 g/mol. The second-order valence-corrected chi connectivity index (χ2v) is 4.01. The van der Waals surface area contributed by atoms with Gasteiger partial charge in [-0.2, -0.15) is 0 Å². The lowest BCUT2D eigenvalue weighted by Crippen LogP contribution is -2.08. The molecule has 0 saturated heterocycles. The molecule has 0 unspecified atom stereocenters. The Morgan fingerprint density at radius 3 is 2.94 bits per heavy atom. The van der Waals surface area contributed by atoms with Gasteiger partial charge in [-0.15, -0.1) is 0 Å². The number of nitrogens with zero attached hydrogens (tertiary/aromatic N) is 3. The van der Waals surface area contributed by atoms with Gasteiger partial charge < -0.3 is 9.30 Å². The molecule has 2 aromatic heterocycles. The quantitative estimate of drug-likeness (QED) is 0.750. The van der Waals surface area contributed by atoms with Crippen molar-refractivity contribution in [3.8, 4) is 5.75 Å². The number of rotatable bonds is 5. The molecule has 0 atom stereocenters. The summed E-state index contributed by atoms with van der Waals surface area (Å²) in [4.78, 5) is 19.2. The fraction of sp³-hybridized carbons (Fsp3) is 0.308. The van der Waals surface area contributed by atoms with Crippen LogP contribution in [-0.4, -0.2) is 27.4 Å². The van der Waals surface area contributed by atoms with Gasteiger partial charge in [-0.05, 0) is 19.1 Å². The lowest BCUT2D eigenvalue weighted by atomic mass is 10.3. The number of carbonyl (C=O) groups is 1. The number of aryl methyl sites for hydroxylation is 2. The Morgan fingerprint density at radius 1 is 1.44 bits per heavy atom. The Kier molecular flexibility index (Phi) is 3.72. The molecule has 0 amide bonds. The number of hydrogen-bond acceptors (Lipinski definition) is 4. The van der Waals surface area contributed by atoms with Crippen LogP contribution in [0.25, 0.3) is 0 Å². The highest BCUT2D eigenvalue weighted by Crippen LogP contribution is 2.15. The van der Waals surface area contributed by atoms with Crippen molar-refractivity contribution in [2.75, 3.05) is 6.61 Å². The molecular weight excluding hydrogens is 230 g/mol. The van der Waals surface area contributed by atoms with E-state index in [-0.39, 0.29) is 0 Å². The molecule has 2 heterocycles. The van der Waals surface area contributed by atoms with Gasteiger partial charge in [0.25, 0.3) is 0 Å². The smallest absolute Gasteiger partial charge is 0.172 e. The van der Waals surface area contributed by atoms with E-state index in [1.54, 1.807) is 12.3 Å². The first kappa shape index (κ1) is 12.3. The van der Waals surface area contributed by atoms with E-state index >= 15 is 0 Å². The van der Waals surface area contributed by atoms with Crippen LogP contribution in [0.3, 0.4) is 0 Å². The standard InChI is InChI=1S/C13H15N3O2/c1-10-3-4-12(11(9-17)15-10)18-8-5-13-14-6-7-16(13)2/h3-4,6-7,9H,5,8H2,1-2H3. The van der Waals surface area contributed by atoms with Crippen LogP contribution in [-0.2, 0) is 13.5 Å². The van der Waals surface area contributed by atoms with Crippen molar-refractivity contribution in [1.29, 1.82) is 0 Å². The summed E-state index contributed by atoms with van der Waals surface area (Å²) >= 11 is 0. The third-order valence-electron chi connectivity index (χ3n) is 2.64. The maximum atomic E-state index is 10.9. The van der Waals surface area contributed by atoms with Crippen LogP contribution in [0, 0.1) is 6.92 Å². The van der Waals surface area contributed by atoms with Gasteiger partial charge in [0, 0.05) is 31.6 Å². The topological polar surface area (TPSA) is 57.0 Å². The zero-order valence-corrected chi connectivity index (χ0v) is 10.5. The van der Waals surface area contributed by atoms with Crippen LogP contribution in [0.4, 0.5) is 0 Å². The fourth-order valence-corrected chi connectivity index (χ4v) is 1.66. The normalized spacial score (nSPS) is 10.3. The highest BCUT2D eigenvalue weighted by atomic mass is 16.5. The third-order valence-corrected chi connectivity index (χ3v) is 2.64. The number of carbonyl (C=O) groups excluding carboxylic acids is 1. The molecule has 0 fully saturated rings. The Balaban J connectivity index is 1.98. The molecule has 0 aromatic carbocycles. The van der Waals surface area contributed by atoms with Crippen LogP contribution in [0.15, 0.2) is 24.5 Å². The van der Waals surface area contributed by atoms with Crippen molar-refractivity contribution in [2.24, 2.45) is 7.05 Å². The van der Waals surface area contributed by atoms with Gasteiger partial charge in [0.05, 0.1) is 6.61 Å². The maximum absolute atomic E-state index is 10.9. The van der Waals surface area contributed by atoms with Gasteiger partial charge >= 0.3 is 0 Å². The lowest BCUT2D eigenvalue weighted by molar-refractivity contribution is 0.111. The molecule has 0 radical (unpaired) electrons. The fourth-order valence-electron chi connectivity index (χ4n) is 1.66. The first-order valence-corrected chi connectivity index (χ1v) is 5.72. The molecule has 0 aliphatic heterocycles. The van der Waals surface area contributed by atoms with Crippen molar-refractivity contribution in [1.82, 2.24) is 14.5 Å². The van der Waals surface area contributed by atoms with Crippen LogP contribution < -0.4 is 4.74 Å². The van der Waals surface area contributed by atoms with Crippen molar-refractivity contribution >= 4 is 6.29 Å². The maximum Gasteiger partial charge on any atom is 0.172 e. The zero-order chi connectivity index (χ0) is 13.0. The Hall–Kier alpha value is -2.17. The largest absolute Gasteiger partial charge is 0.491 e. The number of aromatic nitrogens is 3. The van der Waals surface area contributed by atoms with E-state index in [4.69, 9.17) is 4.74 Å². The molecule has 94 valence electrons. The van der Waals surface area contributed by atoms with E-state index in [1.165, 1.54) is 0 Å². The SMILES string of the molecule is Cc1ccc(OCCc2nccn2C)c(C=O)n1. The molecule has 0 N–H and O–H groups in total. The molecule has 5 heteroatoms. The van der Waals surface area contributed by atoms with Gasteiger partial charge in [0.1, 0.15) is 17.3 Å². The lowest BCUT2D eigenvalue weighted by Gasteiger charge is -2.08. The molecule has 18 heavy (non-hydrogen) atoms. The Labute approximate surface area is 105 Å². The molecule has 0 bridgehead atoms. The van der Waals surface area contributed by atoms with Crippen molar-refractivity contribution < 1.29 is 9.53 Å². The summed E-state index contributed by atoms with van der Waals surface area (Å²) in [5.74, 6) is 1.47. The summed E-state index contributed by atoms with van der Waals surface area (Å²) < 4.78 is 7.51. The van der Waals surface area contributed by atoms with Crippen LogP contribution in [0.2, 0.25) is 0 Å². The van der Waals surface area contributed by atoms with Crippen LogP contribution in [0.5, 0.6) is 5.75 Å². The predicted molar refractivity (Wildman–Crippen MR) is 66.8 cm³/mol. The van der Waals surface area contributed by atoms with Gasteiger partial charge in [0.2, 0.25) is 0 Å². The number of aldehydes is 1. The van der Waals surface area contributed by atoms with E-state index in [0.717, 1.165) is 11.5 Å². The van der Waals surface area contributed by atoms with Crippen molar-refractivity contribution in [3.05, 3.63) is 41.7 Å². The first-order valence-electron chi connectivity index (χ1n) is 5.72. The van der Waals surface area contributed by atoms with Gasteiger partial charge in [-0.1, -0.05) is 0 Å². The summed E-state index contributed by atoms with van der Waals surface area (Å²) in [5, 5.41) is 0. The van der Waals surface area contributed by atoms with Gasteiger partial charge in [-0.25, -0.2) is 9.97 Å². The van der Waals surface area contributed by atoms with Crippen LogP contribution in [0.1, 0.15) is 22.0 Å². The molecular formula is C13H15N3O2. The minimum atomic E-state index is 0.342. The summed E-state index contributed by atoms with van der Waals surface area (Å²) in [5.41, 5.74) is 1.14. The Bertz CT molecular complexity index is 549. The minimum Gasteiger partial charge on any atom is -0.491 e.